The first-order valence-corrected chi connectivity index (χ1v) is 6.59. The number of fused-ring (bicyclic) bond motifs is 1. The molecule has 7 nitrogen and oxygen atoms in total. The van der Waals surface area contributed by atoms with Gasteiger partial charge in [0, 0.05) is 12.6 Å². The molecule has 1 aliphatic rings. The highest BCUT2D eigenvalue weighted by molar-refractivity contribution is 5.48. The minimum Gasteiger partial charge on any atom is -0.369 e. The van der Waals surface area contributed by atoms with Gasteiger partial charge in [-0.05, 0) is 24.8 Å². The van der Waals surface area contributed by atoms with E-state index in [4.69, 9.17) is 5.73 Å². The lowest BCUT2D eigenvalue weighted by Crippen LogP contribution is -2.34. The average Bonchev–Trinajstić information content (AvgIpc) is 3.05. The molecule has 102 valence electrons. The average molecular weight is 262 g/mol. The van der Waals surface area contributed by atoms with E-state index < -0.39 is 0 Å². The molecule has 0 radical (unpaired) electrons. The van der Waals surface area contributed by atoms with Crippen LogP contribution < -0.4 is 16.7 Å². The van der Waals surface area contributed by atoms with Gasteiger partial charge in [0.25, 0.3) is 0 Å². The zero-order chi connectivity index (χ0) is 13.3. The number of aromatic amines is 1. The van der Waals surface area contributed by atoms with E-state index in [9.17, 15) is 4.79 Å². The van der Waals surface area contributed by atoms with Crippen molar-refractivity contribution in [3.8, 4) is 0 Å². The van der Waals surface area contributed by atoms with Crippen molar-refractivity contribution in [2.45, 2.75) is 25.7 Å². The summed E-state index contributed by atoms with van der Waals surface area (Å²) in [5.74, 6) is 0.728. The largest absolute Gasteiger partial charge is 0.369 e. The lowest BCUT2D eigenvalue weighted by atomic mass is 9.86. The van der Waals surface area contributed by atoms with Crippen molar-refractivity contribution >= 4 is 11.5 Å². The van der Waals surface area contributed by atoms with Crippen LogP contribution in [0.5, 0.6) is 0 Å². The van der Waals surface area contributed by atoms with Crippen molar-refractivity contribution in [2.75, 3.05) is 18.4 Å². The second-order valence-corrected chi connectivity index (χ2v) is 5.30. The normalized spacial score (nSPS) is 17.9. The molecule has 2 aromatic heterocycles. The summed E-state index contributed by atoms with van der Waals surface area (Å²) >= 11 is 0. The maximum absolute atomic E-state index is 11.3. The third-order valence-corrected chi connectivity index (χ3v) is 4.05. The Morgan fingerprint density at radius 3 is 3.00 bits per heavy atom. The molecule has 3 rings (SSSR count). The van der Waals surface area contributed by atoms with Crippen LogP contribution in [0.4, 0.5) is 5.82 Å². The van der Waals surface area contributed by atoms with Crippen LogP contribution in [0, 0.1) is 5.41 Å². The SMILES string of the molecule is NCC1(CNc2cc3n[nH]c(=O)n3cn2)CCCC1. The van der Waals surface area contributed by atoms with Gasteiger partial charge in [-0.1, -0.05) is 12.8 Å². The summed E-state index contributed by atoms with van der Waals surface area (Å²) in [6.45, 7) is 1.52. The highest BCUT2D eigenvalue weighted by atomic mass is 16.1. The lowest BCUT2D eigenvalue weighted by Gasteiger charge is -2.27. The van der Waals surface area contributed by atoms with Gasteiger partial charge in [-0.3, -0.25) is 0 Å². The maximum Gasteiger partial charge on any atom is 0.348 e. The number of H-pyrrole nitrogens is 1. The molecule has 1 saturated carbocycles. The summed E-state index contributed by atoms with van der Waals surface area (Å²) in [6.07, 6.45) is 6.31. The number of anilines is 1. The van der Waals surface area contributed by atoms with Crippen LogP contribution >= 0.6 is 0 Å². The van der Waals surface area contributed by atoms with Gasteiger partial charge in [0.1, 0.15) is 12.1 Å². The van der Waals surface area contributed by atoms with Gasteiger partial charge in [0.05, 0.1) is 0 Å². The van der Waals surface area contributed by atoms with Gasteiger partial charge in [-0.2, -0.15) is 5.10 Å². The summed E-state index contributed by atoms with van der Waals surface area (Å²) in [4.78, 5) is 15.5. The second kappa shape index (κ2) is 4.65. The van der Waals surface area contributed by atoms with E-state index in [1.165, 1.54) is 36.4 Å². The Labute approximate surface area is 110 Å². The van der Waals surface area contributed by atoms with E-state index in [1.54, 1.807) is 6.07 Å². The first-order chi connectivity index (χ1) is 9.22. The highest BCUT2D eigenvalue weighted by Crippen LogP contribution is 2.37. The fraction of sp³-hybridized carbons (Fsp3) is 0.583. The summed E-state index contributed by atoms with van der Waals surface area (Å²) in [5, 5.41) is 9.63. The predicted octanol–water partition coefficient (Wildman–Crippen LogP) is 0.349. The molecule has 0 saturated heterocycles. The number of hydrogen-bond donors (Lipinski definition) is 3. The van der Waals surface area contributed by atoms with Crippen LogP contribution in [0.3, 0.4) is 0 Å². The zero-order valence-corrected chi connectivity index (χ0v) is 10.7. The van der Waals surface area contributed by atoms with E-state index in [0.717, 1.165) is 12.4 Å². The Morgan fingerprint density at radius 1 is 1.47 bits per heavy atom. The molecule has 0 unspecified atom stereocenters. The molecule has 0 aromatic carbocycles. The van der Waals surface area contributed by atoms with Crippen molar-refractivity contribution in [3.05, 3.63) is 22.9 Å². The van der Waals surface area contributed by atoms with Gasteiger partial charge in [0.15, 0.2) is 5.65 Å². The summed E-state index contributed by atoms with van der Waals surface area (Å²) < 4.78 is 1.37. The van der Waals surface area contributed by atoms with Crippen LogP contribution in [0.15, 0.2) is 17.2 Å². The quantitative estimate of drug-likeness (QED) is 0.738. The van der Waals surface area contributed by atoms with Crippen molar-refractivity contribution in [3.63, 3.8) is 0 Å². The predicted molar refractivity (Wildman–Crippen MR) is 72.1 cm³/mol. The van der Waals surface area contributed by atoms with Crippen molar-refractivity contribution < 1.29 is 0 Å². The molecule has 0 amide bonds. The van der Waals surface area contributed by atoms with E-state index in [-0.39, 0.29) is 11.1 Å². The van der Waals surface area contributed by atoms with Crippen LogP contribution in [0.2, 0.25) is 0 Å². The highest BCUT2D eigenvalue weighted by Gasteiger charge is 2.32. The summed E-state index contributed by atoms with van der Waals surface area (Å²) in [7, 11) is 0. The van der Waals surface area contributed by atoms with Gasteiger partial charge < -0.3 is 11.1 Å². The zero-order valence-electron chi connectivity index (χ0n) is 10.7. The molecule has 0 aliphatic heterocycles. The van der Waals surface area contributed by atoms with Gasteiger partial charge in [-0.25, -0.2) is 19.3 Å². The number of nitrogens with zero attached hydrogens (tertiary/aromatic N) is 3. The second-order valence-electron chi connectivity index (χ2n) is 5.30. The van der Waals surface area contributed by atoms with Gasteiger partial charge >= 0.3 is 5.69 Å². The van der Waals surface area contributed by atoms with E-state index in [1.807, 2.05) is 0 Å². The molecule has 2 aromatic rings. The summed E-state index contributed by atoms with van der Waals surface area (Å²) in [5.41, 5.74) is 6.39. The third kappa shape index (κ3) is 2.21. The fourth-order valence-corrected chi connectivity index (χ4v) is 2.76. The van der Waals surface area contributed by atoms with Crippen LogP contribution in [0.25, 0.3) is 5.65 Å². The fourth-order valence-electron chi connectivity index (χ4n) is 2.76. The Morgan fingerprint density at radius 2 is 2.26 bits per heavy atom. The van der Waals surface area contributed by atoms with Crippen LogP contribution in [-0.2, 0) is 0 Å². The molecule has 1 aliphatic carbocycles. The minimum absolute atomic E-state index is 0.194. The Bertz CT molecular complexity index is 624. The monoisotopic (exact) mass is 262 g/mol. The molecule has 7 heteroatoms. The number of aromatic nitrogens is 4. The Hall–Kier alpha value is -1.89. The molecular weight excluding hydrogens is 244 g/mol. The molecule has 0 atom stereocenters. The minimum atomic E-state index is -0.275. The van der Waals surface area contributed by atoms with E-state index in [0.29, 0.717) is 12.2 Å². The Balaban J connectivity index is 1.76. The van der Waals surface area contributed by atoms with Crippen molar-refractivity contribution in [1.29, 1.82) is 0 Å². The van der Waals surface area contributed by atoms with Gasteiger partial charge in [0.2, 0.25) is 0 Å². The molecular formula is C12H18N6O. The molecule has 0 spiro atoms. The van der Waals surface area contributed by atoms with Crippen molar-refractivity contribution in [2.24, 2.45) is 11.1 Å². The Kier molecular flexibility index (Phi) is 2.98. The van der Waals surface area contributed by atoms with Gasteiger partial charge in [-0.15, -0.1) is 0 Å². The molecule has 0 bridgehead atoms. The first-order valence-electron chi connectivity index (χ1n) is 6.59. The van der Waals surface area contributed by atoms with Crippen LogP contribution in [-0.4, -0.2) is 32.7 Å². The van der Waals surface area contributed by atoms with Crippen LogP contribution in [0.1, 0.15) is 25.7 Å². The molecule has 2 heterocycles. The third-order valence-electron chi connectivity index (χ3n) is 4.05. The van der Waals surface area contributed by atoms with E-state index in [2.05, 4.69) is 20.5 Å². The molecule has 19 heavy (non-hydrogen) atoms. The topological polar surface area (TPSA) is 101 Å². The number of hydrogen-bond acceptors (Lipinski definition) is 5. The lowest BCUT2D eigenvalue weighted by molar-refractivity contribution is 0.332. The molecule has 4 N–H and O–H groups in total. The smallest absolute Gasteiger partial charge is 0.348 e. The van der Waals surface area contributed by atoms with Crippen molar-refractivity contribution in [1.82, 2.24) is 19.6 Å². The summed E-state index contributed by atoms with van der Waals surface area (Å²) in [6, 6.07) is 1.76. The number of rotatable bonds is 4. The first kappa shape index (κ1) is 12.2. The number of nitrogens with two attached hydrogens (primary N) is 1. The standard InChI is InChI=1S/C12H18N6O/c13-6-12(3-1-2-4-12)7-14-9-5-10-16-17-11(19)18(10)8-15-9/h5,8,14H,1-4,6-7,13H2,(H,17,19). The maximum atomic E-state index is 11.3. The van der Waals surface area contributed by atoms with E-state index >= 15 is 0 Å². The molecule has 1 fully saturated rings. The number of nitrogens with one attached hydrogen (secondary N) is 2.